The molecule has 0 aromatic heterocycles. The number of likely N-dealkylation sites (N-methyl/N-ethyl adjacent to an activating group) is 1. The van der Waals surface area contributed by atoms with Crippen LogP contribution in [0.15, 0.2) is 18.2 Å². The molecule has 0 spiro atoms. The first kappa shape index (κ1) is 14.3. The molecule has 2 N–H and O–H groups in total. The summed E-state index contributed by atoms with van der Waals surface area (Å²) in [7, 11) is 1.58. The number of rotatable bonds is 5. The third-order valence-corrected chi connectivity index (χ3v) is 2.76. The van der Waals surface area contributed by atoms with E-state index in [1.165, 1.54) is 18.2 Å². The number of hydrogen-bond donors (Lipinski definition) is 2. The van der Waals surface area contributed by atoms with Crippen LogP contribution in [0.3, 0.4) is 0 Å². The van der Waals surface area contributed by atoms with Gasteiger partial charge in [0, 0.05) is 19.2 Å². The molecular weight excluding hydrogens is 234 g/mol. The molecule has 0 aliphatic carbocycles. The number of amides is 1. The molecule has 0 aliphatic heterocycles. The molecule has 0 bridgehead atoms. The van der Waals surface area contributed by atoms with Gasteiger partial charge in [0.15, 0.2) is 11.5 Å². The van der Waals surface area contributed by atoms with Gasteiger partial charge in [-0.3, -0.25) is 4.79 Å². The first-order chi connectivity index (χ1) is 8.51. The normalized spacial score (nSPS) is 12.2. The van der Waals surface area contributed by atoms with Crippen molar-refractivity contribution in [2.24, 2.45) is 0 Å². The second-order valence-corrected chi connectivity index (χ2v) is 4.10. The predicted molar refractivity (Wildman–Crippen MR) is 67.8 cm³/mol. The number of carbonyl (C=O) groups excluding carboxylic acids is 1. The molecule has 1 amide bonds. The van der Waals surface area contributed by atoms with Crippen molar-refractivity contribution in [3.63, 3.8) is 0 Å². The van der Waals surface area contributed by atoms with Crippen LogP contribution in [0.2, 0.25) is 0 Å². The van der Waals surface area contributed by atoms with Crippen LogP contribution in [-0.2, 0) is 4.74 Å². The van der Waals surface area contributed by atoms with Crippen molar-refractivity contribution in [1.29, 1.82) is 0 Å². The Bertz CT molecular complexity index is 419. The Morgan fingerprint density at radius 2 is 2.06 bits per heavy atom. The molecule has 1 aromatic carbocycles. The molecule has 0 saturated carbocycles. The fraction of sp³-hybridized carbons (Fsp3) is 0.462. The second kappa shape index (κ2) is 6.26. The van der Waals surface area contributed by atoms with Gasteiger partial charge in [0.1, 0.15) is 0 Å². The molecule has 5 heteroatoms. The van der Waals surface area contributed by atoms with Crippen LogP contribution in [0.4, 0.5) is 0 Å². The van der Waals surface area contributed by atoms with E-state index in [2.05, 4.69) is 0 Å². The average Bonchev–Trinajstić information content (AvgIpc) is 2.33. The summed E-state index contributed by atoms with van der Waals surface area (Å²) in [6.07, 6.45) is 0. The first-order valence-electron chi connectivity index (χ1n) is 5.83. The van der Waals surface area contributed by atoms with Crippen molar-refractivity contribution in [2.75, 3.05) is 20.3 Å². The number of carbonyl (C=O) groups is 1. The van der Waals surface area contributed by atoms with Gasteiger partial charge in [-0.1, -0.05) is 0 Å². The van der Waals surface area contributed by atoms with Crippen molar-refractivity contribution in [1.82, 2.24) is 4.90 Å². The highest BCUT2D eigenvalue weighted by Crippen LogP contribution is 2.25. The topological polar surface area (TPSA) is 70.0 Å². The van der Waals surface area contributed by atoms with Gasteiger partial charge in [-0.25, -0.2) is 0 Å². The van der Waals surface area contributed by atoms with Crippen LogP contribution in [0.5, 0.6) is 11.5 Å². The summed E-state index contributed by atoms with van der Waals surface area (Å²) >= 11 is 0. The van der Waals surface area contributed by atoms with Crippen molar-refractivity contribution >= 4 is 5.91 Å². The van der Waals surface area contributed by atoms with Crippen molar-refractivity contribution < 1.29 is 19.7 Å². The number of benzene rings is 1. The number of phenolic OH excluding ortho intramolecular Hbond substituents is 2. The average molecular weight is 253 g/mol. The van der Waals surface area contributed by atoms with Crippen LogP contribution in [0.25, 0.3) is 0 Å². The lowest BCUT2D eigenvalue weighted by molar-refractivity contribution is 0.0579. The van der Waals surface area contributed by atoms with Crippen molar-refractivity contribution in [2.45, 2.75) is 19.9 Å². The Balaban J connectivity index is 2.92. The molecule has 1 atom stereocenters. The van der Waals surface area contributed by atoms with E-state index in [1.807, 2.05) is 13.8 Å². The maximum Gasteiger partial charge on any atom is 0.254 e. The lowest BCUT2D eigenvalue weighted by Crippen LogP contribution is -2.40. The van der Waals surface area contributed by atoms with Gasteiger partial charge in [0.05, 0.1) is 12.6 Å². The number of nitrogens with zero attached hydrogens (tertiary/aromatic N) is 1. The standard InChI is InChI=1S/C13H19NO4/c1-4-14(9(2)8-18-3)13(17)10-5-6-11(15)12(16)7-10/h5-7,9,15-16H,4,8H2,1-3H3. The van der Waals surface area contributed by atoms with Crippen LogP contribution in [-0.4, -0.2) is 47.3 Å². The summed E-state index contributed by atoms with van der Waals surface area (Å²) in [5.41, 5.74) is 0.343. The first-order valence-corrected chi connectivity index (χ1v) is 5.83. The molecular formula is C13H19NO4. The van der Waals surface area contributed by atoms with E-state index in [-0.39, 0.29) is 23.4 Å². The highest BCUT2D eigenvalue weighted by atomic mass is 16.5. The molecule has 0 fully saturated rings. The lowest BCUT2D eigenvalue weighted by atomic mass is 10.1. The van der Waals surface area contributed by atoms with Crippen LogP contribution in [0.1, 0.15) is 24.2 Å². The van der Waals surface area contributed by atoms with Gasteiger partial charge in [0.2, 0.25) is 0 Å². The van der Waals surface area contributed by atoms with Gasteiger partial charge in [-0.2, -0.15) is 0 Å². The minimum absolute atomic E-state index is 0.0524. The summed E-state index contributed by atoms with van der Waals surface area (Å²) in [5, 5.41) is 18.6. The molecule has 0 heterocycles. The molecule has 18 heavy (non-hydrogen) atoms. The third kappa shape index (κ3) is 3.13. The summed E-state index contributed by atoms with van der Waals surface area (Å²) in [5.74, 6) is -0.729. The largest absolute Gasteiger partial charge is 0.504 e. The van der Waals surface area contributed by atoms with Gasteiger partial charge in [-0.05, 0) is 32.0 Å². The molecule has 5 nitrogen and oxygen atoms in total. The lowest BCUT2D eigenvalue weighted by Gasteiger charge is -2.27. The molecule has 1 rings (SSSR count). The minimum Gasteiger partial charge on any atom is -0.504 e. The Morgan fingerprint density at radius 3 is 2.56 bits per heavy atom. The summed E-state index contributed by atoms with van der Waals surface area (Å²) in [6, 6.07) is 4.00. The van der Waals surface area contributed by atoms with Crippen molar-refractivity contribution in [3.8, 4) is 11.5 Å². The van der Waals surface area contributed by atoms with E-state index >= 15 is 0 Å². The van der Waals surface area contributed by atoms with Crippen LogP contribution in [0, 0.1) is 0 Å². The quantitative estimate of drug-likeness (QED) is 0.782. The fourth-order valence-electron chi connectivity index (χ4n) is 1.81. The number of aromatic hydroxyl groups is 2. The number of phenols is 2. The summed E-state index contributed by atoms with van der Waals surface area (Å²) in [6.45, 7) is 4.77. The SMILES string of the molecule is CCN(C(=O)c1ccc(O)c(O)c1)C(C)COC. The smallest absolute Gasteiger partial charge is 0.254 e. The van der Waals surface area contributed by atoms with E-state index in [0.29, 0.717) is 18.7 Å². The number of ether oxygens (including phenoxy) is 1. The van der Waals surface area contributed by atoms with E-state index in [9.17, 15) is 15.0 Å². The van der Waals surface area contributed by atoms with Gasteiger partial charge in [-0.15, -0.1) is 0 Å². The Morgan fingerprint density at radius 1 is 1.39 bits per heavy atom. The van der Waals surface area contributed by atoms with Gasteiger partial charge in [0.25, 0.3) is 5.91 Å². The molecule has 0 saturated heterocycles. The zero-order valence-electron chi connectivity index (χ0n) is 10.9. The van der Waals surface area contributed by atoms with Crippen LogP contribution < -0.4 is 0 Å². The van der Waals surface area contributed by atoms with Gasteiger partial charge >= 0.3 is 0 Å². The third-order valence-electron chi connectivity index (χ3n) is 2.76. The Kier molecular flexibility index (Phi) is 4.97. The Labute approximate surface area is 107 Å². The molecule has 0 radical (unpaired) electrons. The second-order valence-electron chi connectivity index (χ2n) is 4.10. The monoisotopic (exact) mass is 253 g/mol. The van der Waals surface area contributed by atoms with E-state index in [0.717, 1.165) is 0 Å². The zero-order chi connectivity index (χ0) is 13.7. The molecule has 1 unspecified atom stereocenters. The minimum atomic E-state index is -0.295. The fourth-order valence-corrected chi connectivity index (χ4v) is 1.81. The molecule has 0 aliphatic rings. The highest BCUT2D eigenvalue weighted by molar-refractivity contribution is 5.95. The molecule has 1 aromatic rings. The van der Waals surface area contributed by atoms with Crippen LogP contribution >= 0.6 is 0 Å². The maximum atomic E-state index is 12.2. The predicted octanol–water partition coefficient (Wildman–Crippen LogP) is 1.59. The van der Waals surface area contributed by atoms with Crippen molar-refractivity contribution in [3.05, 3.63) is 23.8 Å². The number of methoxy groups -OCH3 is 1. The maximum absolute atomic E-state index is 12.2. The van der Waals surface area contributed by atoms with E-state index in [4.69, 9.17) is 4.74 Å². The highest BCUT2D eigenvalue weighted by Gasteiger charge is 2.20. The van der Waals surface area contributed by atoms with E-state index < -0.39 is 0 Å². The van der Waals surface area contributed by atoms with E-state index in [1.54, 1.807) is 12.0 Å². The Hall–Kier alpha value is -1.75. The summed E-state index contributed by atoms with van der Waals surface area (Å²) in [4.78, 5) is 13.9. The zero-order valence-corrected chi connectivity index (χ0v) is 10.9. The summed E-state index contributed by atoms with van der Waals surface area (Å²) < 4.78 is 5.03. The number of hydrogen-bond acceptors (Lipinski definition) is 4. The molecule has 100 valence electrons. The van der Waals surface area contributed by atoms with Gasteiger partial charge < -0.3 is 19.8 Å².